The van der Waals surface area contributed by atoms with Gasteiger partial charge in [0.05, 0.1) is 20.3 Å². The Bertz CT molecular complexity index is 493. The SMILES string of the molecule is COC(=O)[C@H]1C[C@H](O[Si](C)(C)C(C)(C)C)C=C[C@]1(O)C(=O)OC. The number of carbonyl (C=O) groups is 2. The van der Waals surface area contributed by atoms with Gasteiger partial charge in [0, 0.05) is 0 Å². The monoisotopic (exact) mass is 344 g/mol. The summed E-state index contributed by atoms with van der Waals surface area (Å²) in [7, 11) is 0.342. The van der Waals surface area contributed by atoms with Gasteiger partial charge in [0.25, 0.3) is 0 Å². The van der Waals surface area contributed by atoms with Crippen LogP contribution in [0, 0.1) is 5.92 Å². The molecule has 132 valence electrons. The Balaban J connectivity index is 3.09. The third kappa shape index (κ3) is 4.02. The molecule has 3 atom stereocenters. The van der Waals surface area contributed by atoms with E-state index in [0.29, 0.717) is 0 Å². The predicted octanol–water partition coefficient (Wildman–Crippen LogP) is 2.03. The minimum Gasteiger partial charge on any atom is -0.469 e. The molecular formula is C16H28O6Si. The lowest BCUT2D eigenvalue weighted by molar-refractivity contribution is -0.174. The molecule has 0 aromatic heterocycles. The minimum absolute atomic E-state index is 0.0116. The summed E-state index contributed by atoms with van der Waals surface area (Å²) in [5.74, 6) is -2.60. The van der Waals surface area contributed by atoms with Crippen molar-refractivity contribution in [2.75, 3.05) is 14.2 Å². The van der Waals surface area contributed by atoms with Crippen LogP contribution < -0.4 is 0 Å². The molecule has 1 N–H and O–H groups in total. The van der Waals surface area contributed by atoms with E-state index in [4.69, 9.17) is 9.16 Å². The lowest BCUT2D eigenvalue weighted by atomic mass is 9.79. The second kappa shape index (κ2) is 6.74. The molecule has 0 spiro atoms. The highest BCUT2D eigenvalue weighted by molar-refractivity contribution is 6.74. The third-order valence-corrected chi connectivity index (χ3v) is 9.32. The zero-order valence-electron chi connectivity index (χ0n) is 15.0. The number of hydrogen-bond donors (Lipinski definition) is 1. The maximum Gasteiger partial charge on any atom is 0.342 e. The van der Waals surface area contributed by atoms with E-state index in [1.54, 1.807) is 6.08 Å². The van der Waals surface area contributed by atoms with Crippen LogP contribution in [0.4, 0.5) is 0 Å². The van der Waals surface area contributed by atoms with E-state index in [-0.39, 0.29) is 17.6 Å². The highest BCUT2D eigenvalue weighted by Gasteiger charge is 2.51. The van der Waals surface area contributed by atoms with Crippen molar-refractivity contribution in [2.24, 2.45) is 5.92 Å². The first-order valence-corrected chi connectivity index (χ1v) is 10.6. The van der Waals surface area contributed by atoms with Crippen molar-refractivity contribution in [1.82, 2.24) is 0 Å². The Hall–Kier alpha value is -1.18. The van der Waals surface area contributed by atoms with Gasteiger partial charge in [-0.25, -0.2) is 4.79 Å². The van der Waals surface area contributed by atoms with E-state index in [1.807, 2.05) is 0 Å². The van der Waals surface area contributed by atoms with Crippen molar-refractivity contribution in [3.8, 4) is 0 Å². The second-order valence-electron chi connectivity index (χ2n) is 7.40. The average molecular weight is 344 g/mol. The molecule has 0 aromatic carbocycles. The molecule has 1 aliphatic carbocycles. The van der Waals surface area contributed by atoms with Crippen LogP contribution in [0.1, 0.15) is 27.2 Å². The summed E-state index contributed by atoms with van der Waals surface area (Å²) in [6.07, 6.45) is 2.74. The van der Waals surface area contributed by atoms with Gasteiger partial charge in [-0.1, -0.05) is 26.8 Å². The van der Waals surface area contributed by atoms with Gasteiger partial charge < -0.3 is 19.0 Å². The van der Waals surface area contributed by atoms with E-state index in [1.165, 1.54) is 20.3 Å². The Kier molecular flexibility index (Phi) is 5.82. The number of aliphatic hydroxyl groups is 1. The topological polar surface area (TPSA) is 82.1 Å². The fourth-order valence-corrected chi connectivity index (χ4v) is 3.58. The van der Waals surface area contributed by atoms with Gasteiger partial charge in [0.15, 0.2) is 13.9 Å². The maximum atomic E-state index is 12.0. The van der Waals surface area contributed by atoms with Gasteiger partial charge in [0.2, 0.25) is 0 Å². The molecule has 0 amide bonds. The minimum atomic E-state index is -2.05. The van der Waals surface area contributed by atoms with Crippen molar-refractivity contribution in [2.45, 2.75) is 57.0 Å². The van der Waals surface area contributed by atoms with Crippen molar-refractivity contribution in [3.05, 3.63) is 12.2 Å². The Morgan fingerprint density at radius 3 is 2.22 bits per heavy atom. The fraction of sp³-hybridized carbons (Fsp3) is 0.750. The molecular weight excluding hydrogens is 316 g/mol. The first-order chi connectivity index (χ1) is 10.4. The van der Waals surface area contributed by atoms with Crippen LogP contribution in [-0.2, 0) is 23.5 Å². The van der Waals surface area contributed by atoms with Gasteiger partial charge in [-0.05, 0) is 30.6 Å². The van der Waals surface area contributed by atoms with Crippen LogP contribution in [0.15, 0.2) is 12.2 Å². The summed E-state index contributed by atoms with van der Waals surface area (Å²) in [5, 5.41) is 10.6. The summed E-state index contributed by atoms with van der Waals surface area (Å²) in [4.78, 5) is 23.9. The molecule has 0 unspecified atom stereocenters. The Morgan fingerprint density at radius 2 is 1.78 bits per heavy atom. The zero-order valence-corrected chi connectivity index (χ0v) is 16.0. The van der Waals surface area contributed by atoms with Gasteiger partial charge >= 0.3 is 11.9 Å². The molecule has 0 aliphatic heterocycles. The first kappa shape index (κ1) is 19.9. The second-order valence-corrected chi connectivity index (χ2v) is 12.2. The molecule has 0 heterocycles. The number of ether oxygens (including phenoxy) is 2. The molecule has 0 bridgehead atoms. The average Bonchev–Trinajstić information content (AvgIpc) is 2.46. The number of hydrogen-bond acceptors (Lipinski definition) is 6. The van der Waals surface area contributed by atoms with E-state index in [0.717, 1.165) is 0 Å². The summed E-state index contributed by atoms with van der Waals surface area (Å²) in [6.45, 7) is 10.6. The van der Waals surface area contributed by atoms with Crippen molar-refractivity contribution >= 4 is 20.3 Å². The van der Waals surface area contributed by atoms with Crippen molar-refractivity contribution < 1.29 is 28.6 Å². The van der Waals surface area contributed by atoms with Crippen LogP contribution in [0.5, 0.6) is 0 Å². The molecule has 7 heteroatoms. The maximum absolute atomic E-state index is 12.0. The van der Waals surface area contributed by atoms with E-state index in [2.05, 4.69) is 38.6 Å². The molecule has 1 aliphatic rings. The normalized spacial score (nSPS) is 28.3. The molecule has 0 aromatic rings. The van der Waals surface area contributed by atoms with Crippen LogP contribution in [0.3, 0.4) is 0 Å². The molecule has 6 nitrogen and oxygen atoms in total. The lowest BCUT2D eigenvalue weighted by Crippen LogP contribution is -2.53. The van der Waals surface area contributed by atoms with Crippen molar-refractivity contribution in [1.29, 1.82) is 0 Å². The van der Waals surface area contributed by atoms with Gasteiger partial charge in [-0.3, -0.25) is 4.79 Å². The zero-order chi connectivity index (χ0) is 18.1. The highest BCUT2D eigenvalue weighted by atomic mass is 28.4. The van der Waals surface area contributed by atoms with E-state index >= 15 is 0 Å². The first-order valence-electron chi connectivity index (χ1n) is 7.65. The van der Waals surface area contributed by atoms with Crippen LogP contribution in [0.25, 0.3) is 0 Å². The smallest absolute Gasteiger partial charge is 0.342 e. The summed E-state index contributed by atoms with van der Waals surface area (Å²) < 4.78 is 15.6. The molecule has 23 heavy (non-hydrogen) atoms. The predicted molar refractivity (Wildman–Crippen MR) is 88.3 cm³/mol. The quantitative estimate of drug-likeness (QED) is 0.477. The lowest BCUT2D eigenvalue weighted by Gasteiger charge is -2.42. The Labute approximate surface area is 138 Å². The number of esters is 2. The summed E-state index contributed by atoms with van der Waals surface area (Å²) in [5.41, 5.74) is -2.02. The number of carbonyl (C=O) groups excluding carboxylic acids is 2. The van der Waals surface area contributed by atoms with E-state index in [9.17, 15) is 14.7 Å². The Morgan fingerprint density at radius 1 is 1.22 bits per heavy atom. The van der Waals surface area contributed by atoms with Crippen molar-refractivity contribution in [3.63, 3.8) is 0 Å². The van der Waals surface area contributed by atoms with Gasteiger partial charge in [0.1, 0.15) is 5.92 Å². The van der Waals surface area contributed by atoms with Gasteiger partial charge in [-0.2, -0.15) is 0 Å². The van der Waals surface area contributed by atoms with Crippen LogP contribution in [-0.4, -0.2) is 51.3 Å². The number of methoxy groups -OCH3 is 2. The standard InChI is InChI=1S/C16H28O6Si/c1-15(2,3)23(6,7)22-11-8-9-16(19,14(18)21-5)12(10-11)13(17)20-4/h8-9,11-12,19H,10H2,1-7H3/t11-,12-,16-/m1/s1. The van der Waals surface area contributed by atoms with Gasteiger partial charge in [-0.15, -0.1) is 0 Å². The molecule has 1 rings (SSSR count). The highest BCUT2D eigenvalue weighted by Crippen LogP contribution is 2.40. The van der Waals surface area contributed by atoms with Crippen LogP contribution in [0.2, 0.25) is 18.1 Å². The molecule has 0 saturated carbocycles. The van der Waals surface area contributed by atoms with Crippen LogP contribution >= 0.6 is 0 Å². The van der Waals surface area contributed by atoms with E-state index < -0.39 is 31.8 Å². The fourth-order valence-electron chi connectivity index (χ4n) is 2.30. The number of rotatable bonds is 4. The third-order valence-electron chi connectivity index (χ3n) is 4.81. The molecule has 0 radical (unpaired) electrons. The summed E-state index contributed by atoms with van der Waals surface area (Å²) >= 11 is 0. The summed E-state index contributed by atoms with van der Waals surface area (Å²) in [6, 6.07) is 0. The molecule has 0 saturated heterocycles. The largest absolute Gasteiger partial charge is 0.469 e. The molecule has 0 fully saturated rings.